The van der Waals surface area contributed by atoms with Crippen LogP contribution in [0.25, 0.3) is 0 Å². The second kappa shape index (κ2) is 4.70. The molecule has 3 aliphatic heterocycles. The largest absolute Gasteiger partial charge is 0.341 e. The van der Waals surface area contributed by atoms with Crippen LogP contribution >= 0.6 is 0 Å². The Labute approximate surface area is 121 Å². The number of carbonyl (C=O) groups excluding carboxylic acids is 1. The SMILES string of the molecule is CC(C)N1CC[C@H]2CN(C(=O)[C@@H]3N[C@H]3C3CC3)CC[C@H]21. The van der Waals surface area contributed by atoms with Crippen molar-refractivity contribution >= 4 is 5.91 Å². The fraction of sp³-hybridized carbons (Fsp3) is 0.938. The average Bonchev–Trinajstić information content (AvgIpc) is 3.30. The lowest BCUT2D eigenvalue weighted by Crippen LogP contribution is -2.50. The van der Waals surface area contributed by atoms with Gasteiger partial charge in [-0.25, -0.2) is 0 Å². The zero-order valence-electron chi connectivity index (χ0n) is 12.7. The van der Waals surface area contributed by atoms with Crippen LogP contribution in [0.2, 0.25) is 0 Å². The van der Waals surface area contributed by atoms with Crippen molar-refractivity contribution in [3.63, 3.8) is 0 Å². The minimum absolute atomic E-state index is 0.168. The molecule has 3 saturated heterocycles. The third-order valence-electron chi connectivity index (χ3n) is 5.87. The Bertz CT molecular complexity index is 407. The van der Waals surface area contributed by atoms with E-state index in [0.29, 0.717) is 23.9 Å². The molecule has 0 aromatic rings. The fourth-order valence-electron chi connectivity index (χ4n) is 4.50. The van der Waals surface area contributed by atoms with Crippen LogP contribution in [0.15, 0.2) is 0 Å². The molecule has 0 bridgehead atoms. The molecule has 1 aliphatic carbocycles. The van der Waals surface area contributed by atoms with Crippen LogP contribution in [0.3, 0.4) is 0 Å². The van der Waals surface area contributed by atoms with Gasteiger partial charge in [-0.2, -0.15) is 0 Å². The van der Waals surface area contributed by atoms with Crippen molar-refractivity contribution in [2.45, 2.75) is 63.7 Å². The summed E-state index contributed by atoms with van der Waals surface area (Å²) in [5, 5.41) is 3.41. The number of hydrogen-bond donors (Lipinski definition) is 1. The Kier molecular flexibility index (Phi) is 3.08. The lowest BCUT2D eigenvalue weighted by atomic mass is 9.92. The molecule has 0 aromatic heterocycles. The zero-order valence-corrected chi connectivity index (χ0v) is 12.7. The van der Waals surface area contributed by atoms with Gasteiger partial charge in [0.1, 0.15) is 6.04 Å². The van der Waals surface area contributed by atoms with Crippen molar-refractivity contribution in [3.05, 3.63) is 0 Å². The number of carbonyl (C=O) groups is 1. The first-order valence-corrected chi connectivity index (χ1v) is 8.45. The van der Waals surface area contributed by atoms with Crippen molar-refractivity contribution in [1.82, 2.24) is 15.1 Å². The van der Waals surface area contributed by atoms with Crippen LogP contribution in [0, 0.1) is 11.8 Å². The summed E-state index contributed by atoms with van der Waals surface area (Å²) in [4.78, 5) is 17.4. The monoisotopic (exact) mass is 277 g/mol. The molecule has 3 heterocycles. The number of hydrogen-bond acceptors (Lipinski definition) is 3. The lowest BCUT2D eigenvalue weighted by Gasteiger charge is -2.39. The third kappa shape index (κ3) is 2.17. The van der Waals surface area contributed by atoms with Gasteiger partial charge >= 0.3 is 0 Å². The van der Waals surface area contributed by atoms with Crippen LogP contribution < -0.4 is 5.32 Å². The number of nitrogens with zero attached hydrogens (tertiary/aromatic N) is 2. The van der Waals surface area contributed by atoms with Crippen LogP contribution in [0.1, 0.15) is 39.5 Å². The summed E-state index contributed by atoms with van der Waals surface area (Å²) >= 11 is 0. The fourth-order valence-corrected chi connectivity index (χ4v) is 4.50. The highest BCUT2D eigenvalue weighted by atomic mass is 16.2. The molecule has 112 valence electrons. The molecule has 4 rings (SSSR count). The smallest absolute Gasteiger partial charge is 0.241 e. The van der Waals surface area contributed by atoms with E-state index < -0.39 is 0 Å². The predicted octanol–water partition coefficient (Wildman–Crippen LogP) is 1.07. The molecular weight excluding hydrogens is 250 g/mol. The van der Waals surface area contributed by atoms with E-state index in [1.807, 2.05) is 0 Å². The lowest BCUT2D eigenvalue weighted by molar-refractivity contribution is -0.133. The predicted molar refractivity (Wildman–Crippen MR) is 78.4 cm³/mol. The van der Waals surface area contributed by atoms with Crippen molar-refractivity contribution in [3.8, 4) is 0 Å². The molecule has 4 nitrogen and oxygen atoms in total. The first-order chi connectivity index (χ1) is 9.65. The average molecular weight is 277 g/mol. The maximum Gasteiger partial charge on any atom is 0.241 e. The Balaban J connectivity index is 1.35. The topological polar surface area (TPSA) is 45.5 Å². The van der Waals surface area contributed by atoms with Crippen LogP contribution in [0.4, 0.5) is 0 Å². The van der Waals surface area contributed by atoms with Gasteiger partial charge in [0.2, 0.25) is 5.91 Å². The summed E-state index contributed by atoms with van der Waals surface area (Å²) in [6.45, 7) is 7.80. The first kappa shape index (κ1) is 13.1. The van der Waals surface area contributed by atoms with E-state index in [2.05, 4.69) is 29.0 Å². The molecule has 1 amide bonds. The molecule has 0 unspecified atom stereocenters. The van der Waals surface area contributed by atoms with E-state index >= 15 is 0 Å². The highest BCUT2D eigenvalue weighted by Gasteiger charge is 2.53. The van der Waals surface area contributed by atoms with E-state index in [9.17, 15) is 4.79 Å². The van der Waals surface area contributed by atoms with Gasteiger partial charge in [-0.1, -0.05) is 0 Å². The van der Waals surface area contributed by atoms with E-state index in [1.165, 1.54) is 32.2 Å². The second-order valence-corrected chi connectivity index (χ2v) is 7.53. The third-order valence-corrected chi connectivity index (χ3v) is 5.87. The Morgan fingerprint density at radius 2 is 1.90 bits per heavy atom. The summed E-state index contributed by atoms with van der Waals surface area (Å²) in [7, 11) is 0. The molecule has 0 radical (unpaired) electrons. The van der Waals surface area contributed by atoms with Gasteiger partial charge in [0.25, 0.3) is 0 Å². The minimum Gasteiger partial charge on any atom is -0.341 e. The van der Waals surface area contributed by atoms with Gasteiger partial charge in [-0.3, -0.25) is 15.0 Å². The van der Waals surface area contributed by atoms with Gasteiger partial charge in [0.15, 0.2) is 0 Å². The Morgan fingerprint density at radius 3 is 2.60 bits per heavy atom. The highest BCUT2D eigenvalue weighted by Crippen LogP contribution is 2.41. The molecular formula is C16H27N3O. The first-order valence-electron chi connectivity index (χ1n) is 8.45. The molecule has 4 heteroatoms. The Morgan fingerprint density at radius 1 is 1.10 bits per heavy atom. The van der Waals surface area contributed by atoms with Gasteiger partial charge in [-0.15, -0.1) is 0 Å². The van der Waals surface area contributed by atoms with Crippen LogP contribution in [0.5, 0.6) is 0 Å². The van der Waals surface area contributed by atoms with Crippen molar-refractivity contribution in [1.29, 1.82) is 0 Å². The maximum atomic E-state index is 12.6. The van der Waals surface area contributed by atoms with E-state index in [-0.39, 0.29) is 6.04 Å². The number of nitrogens with one attached hydrogen (secondary N) is 1. The molecule has 4 aliphatic rings. The van der Waals surface area contributed by atoms with Gasteiger partial charge in [0, 0.05) is 31.2 Å². The molecule has 4 atom stereocenters. The van der Waals surface area contributed by atoms with Crippen LogP contribution in [-0.2, 0) is 4.79 Å². The molecule has 1 saturated carbocycles. The molecule has 20 heavy (non-hydrogen) atoms. The summed E-state index contributed by atoms with van der Waals surface area (Å²) < 4.78 is 0. The number of likely N-dealkylation sites (tertiary alicyclic amines) is 2. The van der Waals surface area contributed by atoms with E-state index in [1.54, 1.807) is 0 Å². The highest BCUT2D eigenvalue weighted by molar-refractivity contribution is 5.86. The van der Waals surface area contributed by atoms with Gasteiger partial charge in [0.05, 0.1) is 0 Å². The number of rotatable bonds is 3. The zero-order chi connectivity index (χ0) is 13.9. The quantitative estimate of drug-likeness (QED) is 0.785. The number of fused-ring (bicyclic) bond motifs is 1. The maximum absolute atomic E-state index is 12.6. The summed E-state index contributed by atoms with van der Waals surface area (Å²) in [6.07, 6.45) is 5.11. The van der Waals surface area contributed by atoms with Crippen molar-refractivity contribution in [2.75, 3.05) is 19.6 Å². The normalized spacial score (nSPS) is 41.0. The molecule has 0 aromatic carbocycles. The van der Waals surface area contributed by atoms with Gasteiger partial charge < -0.3 is 4.90 Å². The van der Waals surface area contributed by atoms with E-state index in [4.69, 9.17) is 0 Å². The number of piperidine rings is 1. The summed E-state index contributed by atoms with van der Waals surface area (Å²) in [6, 6.07) is 2.07. The van der Waals surface area contributed by atoms with Crippen molar-refractivity contribution < 1.29 is 4.79 Å². The van der Waals surface area contributed by atoms with Crippen LogP contribution in [-0.4, -0.2) is 59.5 Å². The minimum atomic E-state index is 0.168. The summed E-state index contributed by atoms with van der Waals surface area (Å²) in [5.74, 6) is 1.92. The summed E-state index contributed by atoms with van der Waals surface area (Å²) in [5.41, 5.74) is 0. The second-order valence-electron chi connectivity index (χ2n) is 7.53. The van der Waals surface area contributed by atoms with E-state index in [0.717, 1.165) is 25.0 Å². The van der Waals surface area contributed by atoms with Gasteiger partial charge in [-0.05, 0) is 57.9 Å². The number of amides is 1. The van der Waals surface area contributed by atoms with Crippen molar-refractivity contribution in [2.24, 2.45) is 11.8 Å². The molecule has 0 spiro atoms. The standard InChI is InChI=1S/C16H27N3O/c1-10(2)19-8-5-12-9-18(7-6-13(12)19)16(20)15-14(17-15)11-3-4-11/h10-15,17H,3-9H2,1-2H3/t12-,13+,14-,15+/m0/s1. The molecule has 1 N–H and O–H groups in total. The molecule has 4 fully saturated rings. The Hall–Kier alpha value is -0.610.